The summed E-state index contributed by atoms with van der Waals surface area (Å²) in [6.07, 6.45) is 4.64. The van der Waals surface area contributed by atoms with E-state index in [0.29, 0.717) is 12.5 Å². The molecule has 0 aliphatic carbocycles. The summed E-state index contributed by atoms with van der Waals surface area (Å²) in [5.74, 6) is -0.174. The summed E-state index contributed by atoms with van der Waals surface area (Å²) in [5.41, 5.74) is 0.191. The van der Waals surface area contributed by atoms with Gasteiger partial charge in [-0.2, -0.15) is 0 Å². The molecule has 6 nitrogen and oxygen atoms in total. The fourth-order valence-electron chi connectivity index (χ4n) is 2.43. The number of anilines is 1. The van der Waals surface area contributed by atoms with E-state index in [9.17, 15) is 14.9 Å². The second kappa shape index (κ2) is 7.00. The SMILES string of the molecule is O=C(CCC1CCCCN1)Nc1ccccc1[N+](=O)[O-]. The second-order valence-electron chi connectivity index (χ2n) is 5.01. The number of hydrogen-bond donors (Lipinski definition) is 2. The van der Waals surface area contributed by atoms with Crippen molar-refractivity contribution in [1.82, 2.24) is 5.32 Å². The Hall–Kier alpha value is -1.95. The van der Waals surface area contributed by atoms with Gasteiger partial charge < -0.3 is 10.6 Å². The molecule has 1 aliphatic rings. The molecule has 1 fully saturated rings. The summed E-state index contributed by atoms with van der Waals surface area (Å²) in [5, 5.41) is 16.9. The van der Waals surface area contributed by atoms with Crippen molar-refractivity contribution < 1.29 is 9.72 Å². The van der Waals surface area contributed by atoms with Crippen LogP contribution < -0.4 is 10.6 Å². The van der Waals surface area contributed by atoms with E-state index in [1.54, 1.807) is 18.2 Å². The monoisotopic (exact) mass is 277 g/mol. The van der Waals surface area contributed by atoms with Crippen molar-refractivity contribution in [2.45, 2.75) is 38.1 Å². The Bertz CT molecular complexity index is 484. The van der Waals surface area contributed by atoms with E-state index in [4.69, 9.17) is 0 Å². The number of nitrogens with zero attached hydrogens (tertiary/aromatic N) is 1. The molecule has 2 rings (SSSR count). The van der Waals surface area contributed by atoms with Crippen LogP contribution >= 0.6 is 0 Å². The van der Waals surface area contributed by atoms with Crippen molar-refractivity contribution in [3.63, 3.8) is 0 Å². The van der Waals surface area contributed by atoms with Gasteiger partial charge in [0.05, 0.1) is 4.92 Å². The predicted molar refractivity (Wildman–Crippen MR) is 76.6 cm³/mol. The summed E-state index contributed by atoms with van der Waals surface area (Å²) < 4.78 is 0. The number of nitro benzene ring substituents is 1. The van der Waals surface area contributed by atoms with E-state index in [1.807, 2.05) is 0 Å². The lowest BCUT2D eigenvalue weighted by Crippen LogP contribution is -2.34. The molecule has 1 amide bonds. The van der Waals surface area contributed by atoms with Gasteiger partial charge >= 0.3 is 0 Å². The number of carbonyl (C=O) groups excluding carboxylic acids is 1. The number of nitro groups is 1. The van der Waals surface area contributed by atoms with Crippen LogP contribution in [0, 0.1) is 10.1 Å². The number of hydrogen-bond acceptors (Lipinski definition) is 4. The van der Waals surface area contributed by atoms with Gasteiger partial charge in [-0.1, -0.05) is 18.6 Å². The number of para-hydroxylation sites is 2. The Morgan fingerprint density at radius 3 is 2.90 bits per heavy atom. The summed E-state index contributed by atoms with van der Waals surface area (Å²) in [6, 6.07) is 6.58. The molecule has 6 heteroatoms. The predicted octanol–water partition coefficient (Wildman–Crippen LogP) is 2.46. The molecule has 0 bridgehead atoms. The van der Waals surface area contributed by atoms with Crippen molar-refractivity contribution in [3.05, 3.63) is 34.4 Å². The normalized spacial score (nSPS) is 18.5. The number of amides is 1. The van der Waals surface area contributed by atoms with Crippen LogP contribution in [0.2, 0.25) is 0 Å². The zero-order chi connectivity index (χ0) is 14.4. The van der Waals surface area contributed by atoms with Crippen molar-refractivity contribution >= 4 is 17.3 Å². The van der Waals surface area contributed by atoms with Gasteiger partial charge in [0.1, 0.15) is 5.69 Å². The molecule has 1 heterocycles. The van der Waals surface area contributed by atoms with Gasteiger partial charge in [0.15, 0.2) is 0 Å². The highest BCUT2D eigenvalue weighted by molar-refractivity contribution is 5.93. The van der Waals surface area contributed by atoms with Gasteiger partial charge in [-0.3, -0.25) is 14.9 Å². The van der Waals surface area contributed by atoms with Crippen LogP contribution in [0.3, 0.4) is 0 Å². The summed E-state index contributed by atoms with van der Waals surface area (Å²) >= 11 is 0. The lowest BCUT2D eigenvalue weighted by molar-refractivity contribution is -0.383. The van der Waals surface area contributed by atoms with Gasteiger partial charge in [-0.15, -0.1) is 0 Å². The first-order chi connectivity index (χ1) is 9.66. The van der Waals surface area contributed by atoms with Crippen molar-refractivity contribution in [2.75, 3.05) is 11.9 Å². The summed E-state index contributed by atoms with van der Waals surface area (Å²) in [4.78, 5) is 22.2. The second-order valence-corrected chi connectivity index (χ2v) is 5.01. The molecule has 20 heavy (non-hydrogen) atoms. The summed E-state index contributed by atoms with van der Waals surface area (Å²) in [7, 11) is 0. The minimum atomic E-state index is -0.488. The standard InChI is InChI=1S/C14H19N3O3/c18-14(9-8-11-5-3-4-10-15-11)16-12-6-1-2-7-13(12)17(19)20/h1-2,6-7,11,15H,3-5,8-10H2,(H,16,18). The average Bonchev–Trinajstić information content (AvgIpc) is 2.46. The number of carbonyl (C=O) groups is 1. The van der Waals surface area contributed by atoms with Crippen molar-refractivity contribution in [1.29, 1.82) is 0 Å². The fraction of sp³-hybridized carbons (Fsp3) is 0.500. The topological polar surface area (TPSA) is 84.3 Å². The van der Waals surface area contributed by atoms with E-state index >= 15 is 0 Å². The molecule has 0 aromatic heterocycles. The Labute approximate surface area is 117 Å². The molecule has 1 atom stereocenters. The highest BCUT2D eigenvalue weighted by Crippen LogP contribution is 2.23. The molecule has 0 spiro atoms. The third-order valence-electron chi connectivity index (χ3n) is 3.51. The zero-order valence-electron chi connectivity index (χ0n) is 11.3. The minimum absolute atomic E-state index is 0.0726. The number of rotatable bonds is 5. The first-order valence-electron chi connectivity index (χ1n) is 6.93. The minimum Gasteiger partial charge on any atom is -0.320 e. The highest BCUT2D eigenvalue weighted by atomic mass is 16.6. The van der Waals surface area contributed by atoms with Crippen molar-refractivity contribution in [2.24, 2.45) is 0 Å². The zero-order valence-corrected chi connectivity index (χ0v) is 11.3. The van der Waals surface area contributed by atoms with Crippen molar-refractivity contribution in [3.8, 4) is 0 Å². The Morgan fingerprint density at radius 1 is 1.40 bits per heavy atom. The molecule has 1 aromatic rings. The Balaban J connectivity index is 1.86. The van der Waals surface area contributed by atoms with E-state index < -0.39 is 4.92 Å². The third kappa shape index (κ3) is 4.03. The van der Waals surface area contributed by atoms with Gasteiger partial charge in [0.25, 0.3) is 5.69 Å². The van der Waals surface area contributed by atoms with Crippen LogP contribution in [-0.4, -0.2) is 23.4 Å². The molecule has 2 N–H and O–H groups in total. The smallest absolute Gasteiger partial charge is 0.292 e. The van der Waals surface area contributed by atoms with Gasteiger partial charge in [-0.25, -0.2) is 0 Å². The maximum atomic E-state index is 11.9. The highest BCUT2D eigenvalue weighted by Gasteiger charge is 2.17. The molecular weight excluding hydrogens is 258 g/mol. The lowest BCUT2D eigenvalue weighted by atomic mass is 10.0. The number of benzene rings is 1. The molecule has 108 valence electrons. The molecule has 1 aliphatic heterocycles. The van der Waals surface area contributed by atoms with E-state index in [0.717, 1.165) is 19.4 Å². The first-order valence-corrected chi connectivity index (χ1v) is 6.93. The van der Waals surface area contributed by atoms with Crippen LogP contribution in [0.25, 0.3) is 0 Å². The van der Waals surface area contributed by atoms with Gasteiger partial charge in [-0.05, 0) is 31.9 Å². The molecule has 0 radical (unpaired) electrons. The molecule has 1 aromatic carbocycles. The molecule has 0 saturated carbocycles. The van der Waals surface area contributed by atoms with E-state index in [1.165, 1.54) is 18.9 Å². The van der Waals surface area contributed by atoms with E-state index in [-0.39, 0.29) is 17.3 Å². The van der Waals surface area contributed by atoms with Crippen LogP contribution in [0.1, 0.15) is 32.1 Å². The fourth-order valence-corrected chi connectivity index (χ4v) is 2.43. The maximum Gasteiger partial charge on any atom is 0.292 e. The number of nitrogens with one attached hydrogen (secondary N) is 2. The van der Waals surface area contributed by atoms with Crippen LogP contribution in [0.4, 0.5) is 11.4 Å². The lowest BCUT2D eigenvalue weighted by Gasteiger charge is -2.23. The van der Waals surface area contributed by atoms with E-state index in [2.05, 4.69) is 10.6 Å². The summed E-state index contributed by atoms with van der Waals surface area (Å²) in [6.45, 7) is 1.01. The third-order valence-corrected chi connectivity index (χ3v) is 3.51. The number of piperidine rings is 1. The quantitative estimate of drug-likeness (QED) is 0.639. The molecular formula is C14H19N3O3. The van der Waals surface area contributed by atoms with Crippen LogP contribution in [-0.2, 0) is 4.79 Å². The largest absolute Gasteiger partial charge is 0.320 e. The van der Waals surface area contributed by atoms with Crippen LogP contribution in [0.5, 0.6) is 0 Å². The van der Waals surface area contributed by atoms with Gasteiger partial charge in [0, 0.05) is 18.5 Å². The maximum absolute atomic E-state index is 11.9. The average molecular weight is 277 g/mol. The Kier molecular flexibility index (Phi) is 5.06. The molecule has 1 saturated heterocycles. The first kappa shape index (κ1) is 14.5. The van der Waals surface area contributed by atoms with Gasteiger partial charge in [0.2, 0.25) is 5.91 Å². The molecule has 1 unspecified atom stereocenters. The van der Waals surface area contributed by atoms with Crippen LogP contribution in [0.15, 0.2) is 24.3 Å². The Morgan fingerprint density at radius 2 is 2.20 bits per heavy atom.